The van der Waals surface area contributed by atoms with Crippen LogP contribution < -0.4 is 10.1 Å². The van der Waals surface area contributed by atoms with Crippen molar-refractivity contribution in [1.29, 1.82) is 0 Å². The molecule has 0 aliphatic carbocycles. The zero-order valence-electron chi connectivity index (χ0n) is 17.6. The lowest BCUT2D eigenvalue weighted by atomic mass is 10.2. The predicted octanol–water partition coefficient (Wildman–Crippen LogP) is 5.28. The van der Waals surface area contributed by atoms with Crippen molar-refractivity contribution in [3.63, 3.8) is 0 Å². The van der Waals surface area contributed by atoms with Crippen LogP contribution in [0, 0.1) is 0 Å². The van der Waals surface area contributed by atoms with Gasteiger partial charge in [0.25, 0.3) is 0 Å². The first-order valence-corrected chi connectivity index (χ1v) is 11.9. The van der Waals surface area contributed by atoms with E-state index in [0.717, 1.165) is 27.2 Å². The molecule has 0 bridgehead atoms. The van der Waals surface area contributed by atoms with Gasteiger partial charge in [0.15, 0.2) is 16.1 Å². The predicted molar refractivity (Wildman–Crippen MR) is 132 cm³/mol. The van der Waals surface area contributed by atoms with Crippen molar-refractivity contribution in [2.75, 3.05) is 18.2 Å². The van der Waals surface area contributed by atoms with Crippen molar-refractivity contribution in [1.82, 2.24) is 19.7 Å². The highest BCUT2D eigenvalue weighted by Crippen LogP contribution is 2.30. The number of benzene rings is 3. The second kappa shape index (κ2) is 9.43. The molecule has 0 saturated heterocycles. The Bertz CT molecular complexity index is 1380. The zero-order chi connectivity index (χ0) is 22.6. The van der Waals surface area contributed by atoms with Gasteiger partial charge < -0.3 is 10.1 Å². The van der Waals surface area contributed by atoms with E-state index in [0.29, 0.717) is 16.1 Å². The smallest absolute Gasteiger partial charge is 0.236 e. The summed E-state index contributed by atoms with van der Waals surface area (Å²) in [6.07, 6.45) is 0. The van der Waals surface area contributed by atoms with Crippen LogP contribution in [0.1, 0.15) is 0 Å². The van der Waals surface area contributed by atoms with Gasteiger partial charge in [-0.3, -0.25) is 9.36 Å². The molecule has 1 amide bonds. The van der Waals surface area contributed by atoms with E-state index in [1.54, 1.807) is 7.11 Å². The molecule has 0 saturated carbocycles. The Morgan fingerprint density at radius 2 is 1.85 bits per heavy atom. The van der Waals surface area contributed by atoms with Crippen LogP contribution >= 0.6 is 23.1 Å². The fourth-order valence-corrected chi connectivity index (χ4v) is 4.97. The molecule has 0 aliphatic heterocycles. The largest absolute Gasteiger partial charge is 0.497 e. The minimum atomic E-state index is -0.149. The standard InChI is InChI=1S/C24H19N5O2S2/c1-31-18-11-7-8-16(14-18)22-27-28-24(29(22)17-9-3-2-4-10-17)32-15-21(30)26-23-25-19-12-5-6-13-20(19)33-23/h2-14H,15H2,1H3,(H,25,26,30). The number of para-hydroxylation sites is 2. The van der Waals surface area contributed by atoms with Crippen molar-refractivity contribution in [3.8, 4) is 22.8 Å². The van der Waals surface area contributed by atoms with E-state index < -0.39 is 0 Å². The van der Waals surface area contributed by atoms with Crippen LogP contribution in [-0.4, -0.2) is 38.5 Å². The van der Waals surface area contributed by atoms with Crippen molar-refractivity contribution >= 4 is 44.4 Å². The summed E-state index contributed by atoms with van der Waals surface area (Å²) in [5.41, 5.74) is 2.66. The van der Waals surface area contributed by atoms with Crippen LogP contribution in [0.15, 0.2) is 84.0 Å². The van der Waals surface area contributed by atoms with Crippen LogP contribution in [0.25, 0.3) is 27.3 Å². The number of anilines is 1. The molecule has 5 aromatic rings. The Kier molecular flexibility index (Phi) is 6.05. The number of aromatic nitrogens is 4. The van der Waals surface area contributed by atoms with Gasteiger partial charge in [-0.1, -0.05) is 65.6 Å². The van der Waals surface area contributed by atoms with Gasteiger partial charge in [0.2, 0.25) is 5.91 Å². The van der Waals surface area contributed by atoms with Gasteiger partial charge in [-0.2, -0.15) is 0 Å². The number of carbonyl (C=O) groups is 1. The van der Waals surface area contributed by atoms with Crippen LogP contribution in [0.4, 0.5) is 5.13 Å². The fraction of sp³-hybridized carbons (Fsp3) is 0.0833. The minimum Gasteiger partial charge on any atom is -0.497 e. The van der Waals surface area contributed by atoms with Gasteiger partial charge in [-0.15, -0.1) is 10.2 Å². The topological polar surface area (TPSA) is 81.9 Å². The Labute approximate surface area is 198 Å². The second-order valence-corrected chi connectivity index (χ2v) is 9.01. The molecule has 2 heterocycles. The van der Waals surface area contributed by atoms with Gasteiger partial charge in [0.05, 0.1) is 23.1 Å². The van der Waals surface area contributed by atoms with Crippen molar-refractivity contribution < 1.29 is 9.53 Å². The highest BCUT2D eigenvalue weighted by molar-refractivity contribution is 7.99. The monoisotopic (exact) mass is 473 g/mol. The first-order valence-electron chi connectivity index (χ1n) is 10.1. The summed E-state index contributed by atoms with van der Waals surface area (Å²) in [7, 11) is 1.63. The molecule has 0 spiro atoms. The number of amides is 1. The Morgan fingerprint density at radius 3 is 2.67 bits per heavy atom. The molecule has 0 aliphatic rings. The third-order valence-electron chi connectivity index (χ3n) is 4.85. The van der Waals surface area contributed by atoms with Gasteiger partial charge in [0, 0.05) is 11.3 Å². The summed E-state index contributed by atoms with van der Waals surface area (Å²) in [6.45, 7) is 0. The maximum absolute atomic E-state index is 12.6. The number of thioether (sulfide) groups is 1. The molecule has 0 radical (unpaired) electrons. The molecule has 9 heteroatoms. The minimum absolute atomic E-state index is 0.149. The van der Waals surface area contributed by atoms with Crippen molar-refractivity contribution in [2.24, 2.45) is 0 Å². The number of rotatable bonds is 7. The molecule has 3 aromatic carbocycles. The van der Waals surface area contributed by atoms with E-state index in [1.165, 1.54) is 23.1 Å². The summed E-state index contributed by atoms with van der Waals surface area (Å²) in [6, 6.07) is 25.3. The number of carbonyl (C=O) groups excluding carboxylic acids is 1. The quantitative estimate of drug-likeness (QED) is 0.324. The van der Waals surface area contributed by atoms with Gasteiger partial charge in [-0.05, 0) is 36.4 Å². The molecule has 1 N–H and O–H groups in total. The molecule has 7 nitrogen and oxygen atoms in total. The highest BCUT2D eigenvalue weighted by atomic mass is 32.2. The number of methoxy groups -OCH3 is 1. The molecule has 0 fully saturated rings. The Balaban J connectivity index is 1.39. The first kappa shape index (κ1) is 21.2. The maximum atomic E-state index is 12.6. The summed E-state index contributed by atoms with van der Waals surface area (Å²) in [5, 5.41) is 12.9. The maximum Gasteiger partial charge on any atom is 0.236 e. The number of fused-ring (bicyclic) bond motifs is 1. The van der Waals surface area contributed by atoms with Crippen molar-refractivity contribution in [2.45, 2.75) is 5.16 Å². The highest BCUT2D eigenvalue weighted by Gasteiger charge is 2.18. The lowest BCUT2D eigenvalue weighted by Crippen LogP contribution is -2.14. The summed E-state index contributed by atoms with van der Waals surface area (Å²) >= 11 is 2.78. The Morgan fingerprint density at radius 1 is 1.03 bits per heavy atom. The lowest BCUT2D eigenvalue weighted by molar-refractivity contribution is -0.113. The molecule has 164 valence electrons. The van der Waals surface area contributed by atoms with Gasteiger partial charge >= 0.3 is 0 Å². The second-order valence-electron chi connectivity index (χ2n) is 7.03. The van der Waals surface area contributed by atoms with E-state index in [4.69, 9.17) is 4.74 Å². The van der Waals surface area contributed by atoms with Crippen molar-refractivity contribution in [3.05, 3.63) is 78.9 Å². The third kappa shape index (κ3) is 4.59. The van der Waals surface area contributed by atoms with Crippen LogP contribution in [0.5, 0.6) is 5.75 Å². The number of hydrogen-bond donors (Lipinski definition) is 1. The molecule has 2 aromatic heterocycles. The molecule has 33 heavy (non-hydrogen) atoms. The summed E-state index contributed by atoms with van der Waals surface area (Å²) in [4.78, 5) is 17.1. The normalized spacial score (nSPS) is 10.9. The Hall–Kier alpha value is -3.69. The summed E-state index contributed by atoms with van der Waals surface area (Å²) in [5.74, 6) is 1.44. The number of hydrogen-bond acceptors (Lipinski definition) is 7. The number of nitrogens with one attached hydrogen (secondary N) is 1. The van der Waals surface area contributed by atoms with Crippen LogP contribution in [-0.2, 0) is 4.79 Å². The van der Waals surface area contributed by atoms with Crippen LogP contribution in [0.3, 0.4) is 0 Å². The van der Waals surface area contributed by atoms with E-state index in [1.807, 2.05) is 83.4 Å². The molecule has 0 atom stereocenters. The number of nitrogens with zero attached hydrogens (tertiary/aromatic N) is 4. The average Bonchev–Trinajstić information content (AvgIpc) is 3.47. The fourth-order valence-electron chi connectivity index (χ4n) is 3.33. The van der Waals surface area contributed by atoms with E-state index in [9.17, 15) is 4.79 Å². The van der Waals surface area contributed by atoms with E-state index in [-0.39, 0.29) is 11.7 Å². The van der Waals surface area contributed by atoms with E-state index >= 15 is 0 Å². The summed E-state index contributed by atoms with van der Waals surface area (Å²) < 4.78 is 8.35. The van der Waals surface area contributed by atoms with Gasteiger partial charge in [-0.25, -0.2) is 4.98 Å². The average molecular weight is 474 g/mol. The molecule has 0 unspecified atom stereocenters. The third-order valence-corrected chi connectivity index (χ3v) is 6.73. The van der Waals surface area contributed by atoms with Gasteiger partial charge in [0.1, 0.15) is 5.75 Å². The molecular weight excluding hydrogens is 454 g/mol. The zero-order valence-corrected chi connectivity index (χ0v) is 19.3. The first-order chi connectivity index (χ1) is 16.2. The van der Waals surface area contributed by atoms with E-state index in [2.05, 4.69) is 20.5 Å². The number of ether oxygens (including phenoxy) is 1. The number of thiazole rings is 1. The SMILES string of the molecule is COc1cccc(-c2nnc(SCC(=O)Nc3nc4ccccc4s3)n2-c2ccccc2)c1. The lowest BCUT2D eigenvalue weighted by Gasteiger charge is -2.11. The molecular formula is C24H19N5O2S2. The molecule has 5 rings (SSSR count). The van der Waals surface area contributed by atoms with Crippen LogP contribution in [0.2, 0.25) is 0 Å².